The Morgan fingerprint density at radius 2 is 1.15 bits per heavy atom. The van der Waals surface area contributed by atoms with Gasteiger partial charge in [0.15, 0.2) is 0 Å². The molecule has 4 N–H and O–H groups in total. The molecule has 3 rings (SSSR count). The van der Waals surface area contributed by atoms with Crippen LogP contribution in [0.15, 0.2) is 54.6 Å². The molecule has 8 nitrogen and oxygen atoms in total. The Bertz CT molecular complexity index is 1390. The van der Waals surface area contributed by atoms with Crippen molar-refractivity contribution in [2.75, 3.05) is 10.6 Å². The Morgan fingerprint density at radius 3 is 1.56 bits per heavy atom. The molecule has 0 amide bonds. The van der Waals surface area contributed by atoms with Gasteiger partial charge in [-0.2, -0.15) is 23.7 Å². The number of nitrogens with zero attached hydrogens (tertiary/aromatic N) is 2. The standard InChI is InChI=1S/C23H13F3N4O4/c24-23(25,26)14-3-6-19(29-17-4-1-12(10-27)7-15(17)21(31)32)20(9-14)30-18-5-2-13(11-28)8-16(18)22(33)34/h1-9,29-30H,(H,31,32)(H,33,34). The van der Waals surface area contributed by atoms with Crippen LogP contribution in [-0.4, -0.2) is 22.2 Å². The van der Waals surface area contributed by atoms with Crippen molar-refractivity contribution in [1.82, 2.24) is 0 Å². The van der Waals surface area contributed by atoms with E-state index < -0.39 is 23.7 Å². The van der Waals surface area contributed by atoms with Crippen LogP contribution in [0, 0.1) is 22.7 Å². The number of carboxylic acid groups (broad SMARTS) is 2. The van der Waals surface area contributed by atoms with Crippen LogP contribution in [0.2, 0.25) is 0 Å². The average Bonchev–Trinajstić information content (AvgIpc) is 2.79. The van der Waals surface area contributed by atoms with Gasteiger partial charge < -0.3 is 20.8 Å². The van der Waals surface area contributed by atoms with Crippen LogP contribution in [0.5, 0.6) is 0 Å². The number of carboxylic acids is 2. The number of hydrogen-bond donors (Lipinski definition) is 4. The SMILES string of the molecule is N#Cc1ccc(Nc2ccc(C(F)(F)F)cc2Nc2ccc(C#N)cc2C(=O)O)c(C(=O)O)c1. The van der Waals surface area contributed by atoms with Crippen molar-refractivity contribution < 1.29 is 33.0 Å². The lowest BCUT2D eigenvalue weighted by Crippen LogP contribution is -2.09. The molecule has 0 aliphatic carbocycles. The van der Waals surface area contributed by atoms with E-state index in [1.165, 1.54) is 24.3 Å². The molecular formula is C23H13F3N4O4. The highest BCUT2D eigenvalue weighted by molar-refractivity contribution is 5.98. The predicted octanol–water partition coefficient (Wildman–Crippen LogP) is 5.33. The minimum absolute atomic E-state index is 0.000839. The van der Waals surface area contributed by atoms with Crippen LogP contribution in [0.3, 0.4) is 0 Å². The number of aromatic carboxylic acids is 2. The number of anilines is 4. The molecule has 0 saturated carbocycles. The lowest BCUT2D eigenvalue weighted by molar-refractivity contribution is -0.137. The van der Waals surface area contributed by atoms with Crippen molar-refractivity contribution >= 4 is 34.7 Å². The maximum absolute atomic E-state index is 13.3. The molecule has 0 atom stereocenters. The summed E-state index contributed by atoms with van der Waals surface area (Å²) < 4.78 is 40.0. The molecule has 0 aliphatic rings. The number of rotatable bonds is 6. The second kappa shape index (κ2) is 9.22. The van der Waals surface area contributed by atoms with Crippen molar-refractivity contribution in [2.24, 2.45) is 0 Å². The first-order valence-electron chi connectivity index (χ1n) is 9.33. The molecule has 0 fully saturated rings. The monoisotopic (exact) mass is 466 g/mol. The Kier molecular flexibility index (Phi) is 6.41. The van der Waals surface area contributed by atoms with Crippen molar-refractivity contribution in [3.63, 3.8) is 0 Å². The van der Waals surface area contributed by atoms with Gasteiger partial charge >= 0.3 is 18.1 Å². The van der Waals surface area contributed by atoms with Crippen LogP contribution in [0.4, 0.5) is 35.9 Å². The highest BCUT2D eigenvalue weighted by Crippen LogP contribution is 2.37. The largest absolute Gasteiger partial charge is 0.478 e. The fourth-order valence-corrected chi connectivity index (χ4v) is 3.02. The van der Waals surface area contributed by atoms with E-state index >= 15 is 0 Å². The number of carbonyl (C=O) groups is 2. The number of alkyl halides is 3. The van der Waals surface area contributed by atoms with Gasteiger partial charge in [0.05, 0.1) is 62.7 Å². The van der Waals surface area contributed by atoms with E-state index in [1.807, 2.05) is 0 Å². The molecule has 11 heteroatoms. The van der Waals surface area contributed by atoms with Crippen molar-refractivity contribution in [3.05, 3.63) is 82.4 Å². The highest BCUT2D eigenvalue weighted by atomic mass is 19.4. The summed E-state index contributed by atoms with van der Waals surface area (Å²) in [5.74, 6) is -2.79. The van der Waals surface area contributed by atoms with Gasteiger partial charge in [0.25, 0.3) is 0 Å². The third-order valence-corrected chi connectivity index (χ3v) is 4.64. The van der Waals surface area contributed by atoms with Gasteiger partial charge in [-0.05, 0) is 54.6 Å². The van der Waals surface area contributed by atoms with Crippen LogP contribution in [0.25, 0.3) is 0 Å². The number of hydrogen-bond acceptors (Lipinski definition) is 6. The first-order valence-corrected chi connectivity index (χ1v) is 9.33. The zero-order chi connectivity index (χ0) is 25.0. The molecular weight excluding hydrogens is 453 g/mol. The van der Waals surface area contributed by atoms with Gasteiger partial charge in [0.1, 0.15) is 0 Å². The number of halogens is 3. The van der Waals surface area contributed by atoms with Gasteiger partial charge in [0, 0.05) is 0 Å². The normalized spacial score (nSPS) is 10.6. The lowest BCUT2D eigenvalue weighted by atomic mass is 10.1. The van der Waals surface area contributed by atoms with E-state index in [-0.39, 0.29) is 45.0 Å². The first kappa shape index (κ1) is 23.6. The molecule has 0 bridgehead atoms. The van der Waals surface area contributed by atoms with E-state index in [1.54, 1.807) is 12.1 Å². The number of benzene rings is 3. The van der Waals surface area contributed by atoms with Crippen LogP contribution in [-0.2, 0) is 6.18 Å². The molecule has 0 aromatic heterocycles. The summed E-state index contributed by atoms with van der Waals surface area (Å²) in [6.07, 6.45) is -4.71. The molecule has 0 aliphatic heterocycles. The zero-order valence-electron chi connectivity index (χ0n) is 16.9. The summed E-state index contributed by atoms with van der Waals surface area (Å²) in [6, 6.07) is 13.4. The number of nitriles is 2. The van der Waals surface area contributed by atoms with Gasteiger partial charge in [-0.25, -0.2) is 9.59 Å². The molecule has 170 valence electrons. The molecule has 3 aromatic carbocycles. The Balaban J connectivity index is 2.13. The second-order valence-corrected chi connectivity index (χ2v) is 6.86. The Labute approximate surface area is 190 Å². The smallest absolute Gasteiger partial charge is 0.416 e. The van der Waals surface area contributed by atoms with Crippen LogP contribution in [0.1, 0.15) is 37.4 Å². The number of nitrogens with one attached hydrogen (secondary N) is 2. The van der Waals surface area contributed by atoms with Gasteiger partial charge in [-0.1, -0.05) is 0 Å². The lowest BCUT2D eigenvalue weighted by Gasteiger charge is -2.18. The minimum Gasteiger partial charge on any atom is -0.478 e. The summed E-state index contributed by atoms with van der Waals surface area (Å²) in [4.78, 5) is 23.2. The Hall–Kier alpha value is -5.03. The quantitative estimate of drug-likeness (QED) is 0.381. The van der Waals surface area contributed by atoms with Gasteiger partial charge in [-0.3, -0.25) is 0 Å². The summed E-state index contributed by atoms with van der Waals surface area (Å²) in [6.45, 7) is 0. The third kappa shape index (κ3) is 5.06. The topological polar surface area (TPSA) is 146 Å². The summed E-state index contributed by atoms with van der Waals surface area (Å²) in [5.41, 5.74) is -1.89. The molecule has 3 aromatic rings. The van der Waals surface area contributed by atoms with E-state index in [2.05, 4.69) is 10.6 Å². The van der Waals surface area contributed by atoms with Gasteiger partial charge in [0.2, 0.25) is 0 Å². The maximum atomic E-state index is 13.3. The first-order chi connectivity index (χ1) is 16.0. The van der Waals surface area contributed by atoms with Crippen molar-refractivity contribution in [1.29, 1.82) is 10.5 Å². The highest BCUT2D eigenvalue weighted by Gasteiger charge is 2.31. The van der Waals surface area contributed by atoms with E-state index in [0.717, 1.165) is 30.3 Å². The minimum atomic E-state index is -4.71. The van der Waals surface area contributed by atoms with E-state index in [4.69, 9.17) is 10.5 Å². The molecule has 0 saturated heterocycles. The van der Waals surface area contributed by atoms with Crippen molar-refractivity contribution in [3.8, 4) is 12.1 Å². The molecule has 0 heterocycles. The summed E-state index contributed by atoms with van der Waals surface area (Å²) >= 11 is 0. The fraction of sp³-hybridized carbons (Fsp3) is 0.0435. The maximum Gasteiger partial charge on any atom is 0.416 e. The van der Waals surface area contributed by atoms with Crippen LogP contribution >= 0.6 is 0 Å². The second-order valence-electron chi connectivity index (χ2n) is 6.86. The average molecular weight is 466 g/mol. The van der Waals surface area contributed by atoms with Crippen molar-refractivity contribution in [2.45, 2.75) is 6.18 Å². The zero-order valence-corrected chi connectivity index (χ0v) is 16.9. The van der Waals surface area contributed by atoms with Crippen LogP contribution < -0.4 is 10.6 Å². The van der Waals surface area contributed by atoms with E-state index in [0.29, 0.717) is 0 Å². The summed E-state index contributed by atoms with van der Waals surface area (Å²) in [5, 5.41) is 42.3. The fourth-order valence-electron chi connectivity index (χ4n) is 3.02. The third-order valence-electron chi connectivity index (χ3n) is 4.64. The Morgan fingerprint density at radius 1 is 0.706 bits per heavy atom. The molecule has 0 radical (unpaired) electrons. The summed E-state index contributed by atoms with van der Waals surface area (Å²) in [7, 11) is 0. The molecule has 0 spiro atoms. The molecule has 34 heavy (non-hydrogen) atoms. The van der Waals surface area contributed by atoms with Gasteiger partial charge in [-0.15, -0.1) is 0 Å². The molecule has 0 unspecified atom stereocenters. The van der Waals surface area contributed by atoms with E-state index in [9.17, 15) is 33.0 Å². The predicted molar refractivity (Wildman–Crippen MR) is 114 cm³/mol.